The lowest BCUT2D eigenvalue weighted by molar-refractivity contribution is -0.122. The van der Waals surface area contributed by atoms with Crippen molar-refractivity contribution < 1.29 is 19.4 Å². The fourth-order valence-electron chi connectivity index (χ4n) is 4.21. The summed E-state index contributed by atoms with van der Waals surface area (Å²) < 4.78 is 5.61. The predicted molar refractivity (Wildman–Crippen MR) is 145 cm³/mol. The van der Waals surface area contributed by atoms with E-state index >= 15 is 0 Å². The normalized spacial score (nSPS) is 13.2. The van der Waals surface area contributed by atoms with Crippen molar-refractivity contribution in [3.63, 3.8) is 0 Å². The molecular formula is C26H32ClN5O5. The molecule has 0 bridgehead atoms. The van der Waals surface area contributed by atoms with Crippen molar-refractivity contribution in [1.29, 1.82) is 0 Å². The van der Waals surface area contributed by atoms with Crippen molar-refractivity contribution in [3.05, 3.63) is 62.5 Å². The van der Waals surface area contributed by atoms with Crippen molar-refractivity contribution in [2.45, 2.75) is 33.3 Å². The molecule has 1 aromatic heterocycles. The summed E-state index contributed by atoms with van der Waals surface area (Å²) in [7, 11) is 0. The number of carbonyl (C=O) groups excluding carboxylic acids is 1. The van der Waals surface area contributed by atoms with Crippen LogP contribution in [0.1, 0.15) is 41.3 Å². The van der Waals surface area contributed by atoms with Crippen molar-refractivity contribution in [3.8, 4) is 0 Å². The van der Waals surface area contributed by atoms with Gasteiger partial charge in [-0.2, -0.15) is 5.10 Å². The highest BCUT2D eigenvalue weighted by molar-refractivity contribution is 6.34. The zero-order valence-corrected chi connectivity index (χ0v) is 21.7. The molecule has 1 aliphatic heterocycles. The Kier molecular flexibility index (Phi) is 10.4. The van der Waals surface area contributed by atoms with Gasteiger partial charge in [0.15, 0.2) is 5.15 Å². The number of H-pyrrole nitrogens is 1. The summed E-state index contributed by atoms with van der Waals surface area (Å²) in [6.07, 6.45) is 2.53. The fraction of sp³-hybridized carbons (Fsp3) is 0.385. The maximum Gasteiger partial charge on any atom is 0.290 e. The molecule has 4 rings (SSSR count). The lowest BCUT2D eigenvalue weighted by Gasteiger charge is -2.19. The molecule has 1 amide bonds. The summed E-state index contributed by atoms with van der Waals surface area (Å²) in [4.78, 5) is 36.1. The first-order valence-corrected chi connectivity index (χ1v) is 12.5. The maximum absolute atomic E-state index is 13.1. The second-order valence-electron chi connectivity index (χ2n) is 8.59. The van der Waals surface area contributed by atoms with Crippen molar-refractivity contribution >= 4 is 46.1 Å². The quantitative estimate of drug-likeness (QED) is 0.306. The number of benzene rings is 2. The van der Waals surface area contributed by atoms with E-state index in [9.17, 15) is 9.59 Å². The third kappa shape index (κ3) is 7.51. The molecule has 37 heavy (non-hydrogen) atoms. The van der Waals surface area contributed by atoms with E-state index in [2.05, 4.69) is 31.8 Å². The zero-order valence-electron chi connectivity index (χ0n) is 21.0. The minimum atomic E-state index is -0.395. The molecule has 0 atom stereocenters. The topological polar surface area (TPSA) is 137 Å². The van der Waals surface area contributed by atoms with Gasteiger partial charge in [0.05, 0.1) is 12.0 Å². The number of likely N-dealkylation sites (tertiary alicyclic amines) is 1. The summed E-state index contributed by atoms with van der Waals surface area (Å²) in [5, 5.41) is 20.5. The average Bonchev–Trinajstić information content (AvgIpc) is 3.41. The second kappa shape index (κ2) is 13.7. The molecule has 1 fully saturated rings. The van der Waals surface area contributed by atoms with Gasteiger partial charge in [0.1, 0.15) is 0 Å². The number of halogens is 1. The molecule has 0 radical (unpaired) electrons. The Hall–Kier alpha value is -3.47. The van der Waals surface area contributed by atoms with Crippen LogP contribution < -0.4 is 16.2 Å². The number of aromatic amines is 1. The molecule has 2 aromatic carbocycles. The lowest BCUT2D eigenvalue weighted by atomic mass is 10.1. The van der Waals surface area contributed by atoms with Gasteiger partial charge in [-0.25, -0.2) is 5.10 Å². The third-order valence-corrected chi connectivity index (χ3v) is 6.42. The number of amides is 1. The van der Waals surface area contributed by atoms with Gasteiger partial charge >= 0.3 is 0 Å². The summed E-state index contributed by atoms with van der Waals surface area (Å²) >= 11 is 6.07. The number of hydrogen-bond acceptors (Lipinski definition) is 7. The summed E-state index contributed by atoms with van der Waals surface area (Å²) in [6.45, 7) is 8.87. The molecule has 2 heterocycles. The molecule has 1 aliphatic rings. The molecule has 0 spiro atoms. The summed E-state index contributed by atoms with van der Waals surface area (Å²) in [6, 6.07) is 8.82. The number of carbonyl (C=O) groups is 2. The molecule has 4 N–H and O–H groups in total. The molecule has 1 saturated heterocycles. The predicted octanol–water partition coefficient (Wildman–Crippen LogP) is 3.88. The fourth-order valence-corrected chi connectivity index (χ4v) is 4.42. The molecule has 10 nitrogen and oxygen atoms in total. The van der Waals surface area contributed by atoms with Crippen LogP contribution in [0.3, 0.4) is 0 Å². The monoisotopic (exact) mass is 529 g/mol. The van der Waals surface area contributed by atoms with Crippen LogP contribution in [0.15, 0.2) is 35.1 Å². The van der Waals surface area contributed by atoms with Crippen LogP contribution in [-0.4, -0.2) is 65.4 Å². The number of aromatic nitrogens is 2. The number of nitrogens with zero attached hydrogens (tertiary/aromatic N) is 2. The number of ether oxygens (including phenoxy) is 1. The zero-order chi connectivity index (χ0) is 26.8. The number of carboxylic acid groups (broad SMARTS) is 1. The molecule has 198 valence electrons. The molecule has 0 aliphatic carbocycles. The van der Waals surface area contributed by atoms with E-state index in [1.165, 1.54) is 18.9 Å². The van der Waals surface area contributed by atoms with Crippen LogP contribution in [0.4, 0.5) is 11.4 Å². The Morgan fingerprint density at radius 1 is 1.22 bits per heavy atom. The van der Waals surface area contributed by atoms with Gasteiger partial charge in [0.25, 0.3) is 17.9 Å². The number of hydrogen-bond donors (Lipinski definition) is 4. The average molecular weight is 530 g/mol. The van der Waals surface area contributed by atoms with Crippen molar-refractivity contribution in [1.82, 2.24) is 15.1 Å². The molecular weight excluding hydrogens is 498 g/mol. The Morgan fingerprint density at radius 2 is 1.92 bits per heavy atom. The highest BCUT2D eigenvalue weighted by Gasteiger charge is 2.15. The lowest BCUT2D eigenvalue weighted by Crippen LogP contribution is -2.26. The van der Waals surface area contributed by atoms with Crippen LogP contribution >= 0.6 is 11.6 Å². The van der Waals surface area contributed by atoms with Crippen molar-refractivity contribution in [2.24, 2.45) is 0 Å². The molecule has 0 saturated carbocycles. The first kappa shape index (κ1) is 28.1. The van der Waals surface area contributed by atoms with E-state index in [-0.39, 0.29) is 17.5 Å². The highest BCUT2D eigenvalue weighted by Crippen LogP contribution is 2.28. The minimum Gasteiger partial charge on any atom is -0.483 e. The van der Waals surface area contributed by atoms with E-state index in [4.69, 9.17) is 26.2 Å². The Balaban J connectivity index is 0.00000121. The van der Waals surface area contributed by atoms with Gasteiger partial charge in [0, 0.05) is 42.0 Å². The van der Waals surface area contributed by atoms with Crippen molar-refractivity contribution in [2.75, 3.05) is 43.4 Å². The van der Waals surface area contributed by atoms with E-state index in [0.717, 1.165) is 43.0 Å². The van der Waals surface area contributed by atoms with Gasteiger partial charge in [-0.05, 0) is 75.2 Å². The van der Waals surface area contributed by atoms with Crippen LogP contribution in [0, 0.1) is 6.92 Å². The number of anilines is 2. The van der Waals surface area contributed by atoms with E-state index in [1.807, 2.05) is 19.9 Å². The van der Waals surface area contributed by atoms with Gasteiger partial charge < -0.3 is 25.4 Å². The first-order chi connectivity index (χ1) is 17.9. The first-order valence-electron chi connectivity index (χ1n) is 12.1. The summed E-state index contributed by atoms with van der Waals surface area (Å²) in [5.74, 6) is -0.311. The highest BCUT2D eigenvalue weighted by atomic mass is 35.5. The van der Waals surface area contributed by atoms with Crippen LogP contribution in [0.5, 0.6) is 0 Å². The van der Waals surface area contributed by atoms with Crippen LogP contribution in [0.2, 0.25) is 5.15 Å². The van der Waals surface area contributed by atoms with Gasteiger partial charge in [0.2, 0.25) is 0 Å². The van der Waals surface area contributed by atoms with Gasteiger partial charge in [-0.15, -0.1) is 0 Å². The smallest absolute Gasteiger partial charge is 0.290 e. The SMILES string of the molecule is CCOCc1cc(NCCN2CCCC2)c(C)c(NC(=O)c2ccc3c(Cl)n[nH]c(=O)c3c2)c1.O=CO. The molecule has 3 aromatic rings. The van der Waals surface area contributed by atoms with Crippen LogP contribution in [0.25, 0.3) is 10.8 Å². The Bertz CT molecular complexity index is 1290. The Morgan fingerprint density at radius 3 is 2.62 bits per heavy atom. The standard InChI is InChI=1S/C25H30ClN5O3.CH2O2/c1-3-34-15-17-12-21(27-8-11-31-9-4-5-10-31)16(2)22(13-17)28-24(32)18-6-7-19-20(14-18)25(33)30-29-23(19)26;2-1-3/h6-7,12-14,27H,3-5,8-11,15H2,1-2H3,(H,28,32)(H,30,33);1H,(H,2,3). The van der Waals surface area contributed by atoms with E-state index in [0.29, 0.717) is 35.2 Å². The minimum absolute atomic E-state index is 0.186. The van der Waals surface area contributed by atoms with E-state index in [1.54, 1.807) is 12.1 Å². The number of fused-ring (bicyclic) bond motifs is 1. The van der Waals surface area contributed by atoms with Gasteiger partial charge in [-0.1, -0.05) is 17.7 Å². The molecule has 0 unspecified atom stereocenters. The van der Waals surface area contributed by atoms with E-state index < -0.39 is 5.56 Å². The molecule has 11 heteroatoms. The number of nitrogens with one attached hydrogen (secondary N) is 3. The second-order valence-corrected chi connectivity index (χ2v) is 8.95. The maximum atomic E-state index is 13.1. The van der Waals surface area contributed by atoms with Gasteiger partial charge in [-0.3, -0.25) is 14.4 Å². The largest absolute Gasteiger partial charge is 0.483 e. The summed E-state index contributed by atoms with van der Waals surface area (Å²) in [5.41, 5.74) is 3.55. The third-order valence-electron chi connectivity index (χ3n) is 6.13. The number of rotatable bonds is 9. The van der Waals surface area contributed by atoms with Crippen LogP contribution in [-0.2, 0) is 16.1 Å². The Labute approximate surface area is 220 Å².